The van der Waals surface area contributed by atoms with E-state index in [1.54, 1.807) is 0 Å². The number of imidazole rings is 1. The van der Waals surface area contributed by atoms with E-state index in [0.717, 1.165) is 22.9 Å². The van der Waals surface area contributed by atoms with E-state index in [-0.39, 0.29) is 54.4 Å². The number of alkyl halides is 6. The average Bonchev–Trinajstić information content (AvgIpc) is 3.33. The molecule has 3 N–H and O–H groups in total. The number of nitrogens with one attached hydrogen (secondary N) is 3. The minimum absolute atomic E-state index is 0.131. The summed E-state index contributed by atoms with van der Waals surface area (Å²) < 4.78 is 104. The molecule has 0 spiro atoms. The van der Waals surface area contributed by atoms with Crippen LogP contribution in [0.2, 0.25) is 5.02 Å². The average molecular weight is 675 g/mol. The Morgan fingerprint density at radius 2 is 1.61 bits per heavy atom. The molecule has 2 aromatic carbocycles. The second-order valence-electron chi connectivity index (χ2n) is 9.44. The normalized spacial score (nSPS) is 12.8. The zero-order valence-corrected chi connectivity index (χ0v) is 23.6. The Kier molecular flexibility index (Phi) is 9.94. The molecule has 1 aliphatic rings. The first-order valence-corrected chi connectivity index (χ1v) is 13.2. The van der Waals surface area contributed by atoms with E-state index >= 15 is 0 Å². The molecule has 0 fully saturated rings. The first-order chi connectivity index (χ1) is 21.5. The number of hydrogen-bond donors (Lipinski definition) is 3. The molecule has 242 valence electrons. The number of aromatic nitrogens is 3. The lowest BCUT2D eigenvalue weighted by Crippen LogP contribution is -2.37. The Bertz CT molecular complexity index is 1740. The summed E-state index contributed by atoms with van der Waals surface area (Å²) in [6.07, 6.45) is -8.64. The van der Waals surface area contributed by atoms with Crippen molar-refractivity contribution >= 4 is 35.1 Å². The smallest absolute Gasteiger partial charge is 0.349 e. The van der Waals surface area contributed by atoms with Crippen LogP contribution in [0.15, 0.2) is 60.8 Å². The summed E-state index contributed by atoms with van der Waals surface area (Å²) in [6, 6.07) is 8.74. The van der Waals surface area contributed by atoms with Gasteiger partial charge >= 0.3 is 12.4 Å². The van der Waals surface area contributed by atoms with E-state index in [2.05, 4.69) is 25.9 Å². The molecule has 5 rings (SSSR count). The molecule has 0 radical (unpaired) electrons. The zero-order chi connectivity index (χ0) is 33.8. The van der Waals surface area contributed by atoms with E-state index in [9.17, 15) is 49.5 Å². The Labute approximate surface area is 258 Å². The summed E-state index contributed by atoms with van der Waals surface area (Å²) in [7, 11) is 0. The van der Waals surface area contributed by atoms with Crippen LogP contribution in [0.1, 0.15) is 43.5 Å². The Morgan fingerprint density at radius 1 is 0.913 bits per heavy atom. The third kappa shape index (κ3) is 8.56. The molecule has 0 bridgehead atoms. The summed E-state index contributed by atoms with van der Waals surface area (Å²) in [5.41, 5.74) is -2.83. The number of pyridine rings is 1. The first kappa shape index (κ1) is 33.8. The number of fused-ring (bicyclic) bond motifs is 1. The Balaban J connectivity index is 0.000000523. The molecule has 18 heteroatoms. The number of benzene rings is 2. The molecule has 0 unspecified atom stereocenters. The van der Waals surface area contributed by atoms with Crippen LogP contribution in [0.5, 0.6) is 0 Å². The summed E-state index contributed by atoms with van der Waals surface area (Å²) in [4.78, 5) is 44.5. The van der Waals surface area contributed by atoms with Crippen molar-refractivity contribution in [1.29, 1.82) is 0 Å². The number of amides is 3. The van der Waals surface area contributed by atoms with Crippen LogP contribution < -0.4 is 16.0 Å². The maximum atomic E-state index is 13.7. The number of hydrogen-bond acceptors (Lipinski definition) is 5. The topological polar surface area (TPSA) is 118 Å². The lowest BCUT2D eigenvalue weighted by Gasteiger charge is -2.18. The summed E-state index contributed by atoms with van der Waals surface area (Å²) in [5.74, 6) is -4.72. The second kappa shape index (κ2) is 13.5. The molecular formula is C28H19ClF8N6O3. The van der Waals surface area contributed by atoms with Crippen LogP contribution in [0, 0.1) is 11.6 Å². The molecule has 4 aromatic rings. The van der Waals surface area contributed by atoms with E-state index in [1.807, 2.05) is 0 Å². The minimum Gasteiger partial charge on any atom is -0.349 e. The fourth-order valence-corrected chi connectivity index (χ4v) is 4.07. The van der Waals surface area contributed by atoms with Crippen molar-refractivity contribution in [2.45, 2.75) is 32.0 Å². The van der Waals surface area contributed by atoms with Gasteiger partial charge in [0.05, 0.1) is 17.8 Å². The Hall–Kier alpha value is -5.06. The van der Waals surface area contributed by atoms with E-state index in [0.29, 0.717) is 17.2 Å². The molecule has 0 saturated heterocycles. The quantitative estimate of drug-likeness (QED) is 0.233. The van der Waals surface area contributed by atoms with Gasteiger partial charge < -0.3 is 20.5 Å². The summed E-state index contributed by atoms with van der Waals surface area (Å²) >= 11 is 5.44. The van der Waals surface area contributed by atoms with Crippen molar-refractivity contribution < 1.29 is 49.5 Å². The number of rotatable bonds is 5. The van der Waals surface area contributed by atoms with Gasteiger partial charge in [0, 0.05) is 23.3 Å². The van der Waals surface area contributed by atoms with Gasteiger partial charge in [-0.05, 0) is 54.1 Å². The van der Waals surface area contributed by atoms with Gasteiger partial charge in [0.15, 0.2) is 5.82 Å². The van der Waals surface area contributed by atoms with Crippen LogP contribution in [0.3, 0.4) is 0 Å². The van der Waals surface area contributed by atoms with Crippen LogP contribution in [-0.4, -0.2) is 32.3 Å². The maximum absolute atomic E-state index is 13.7. The number of anilines is 1. The van der Waals surface area contributed by atoms with Gasteiger partial charge in [-0.2, -0.15) is 26.3 Å². The van der Waals surface area contributed by atoms with E-state index < -0.39 is 52.7 Å². The van der Waals surface area contributed by atoms with Crippen molar-refractivity contribution in [3.05, 3.63) is 111 Å². The highest BCUT2D eigenvalue weighted by Crippen LogP contribution is 2.31. The maximum Gasteiger partial charge on any atom is 0.433 e. The highest BCUT2D eigenvalue weighted by molar-refractivity contribution is 6.30. The minimum atomic E-state index is -4.91. The van der Waals surface area contributed by atoms with Crippen molar-refractivity contribution in [3.63, 3.8) is 0 Å². The third-order valence-corrected chi connectivity index (χ3v) is 6.37. The van der Waals surface area contributed by atoms with Crippen molar-refractivity contribution in [2.75, 3.05) is 5.32 Å². The molecule has 0 saturated carbocycles. The second-order valence-corrected chi connectivity index (χ2v) is 9.88. The Morgan fingerprint density at radius 3 is 2.20 bits per heavy atom. The summed E-state index contributed by atoms with van der Waals surface area (Å²) in [5, 5.41) is 7.66. The van der Waals surface area contributed by atoms with Gasteiger partial charge in [-0.1, -0.05) is 17.7 Å². The van der Waals surface area contributed by atoms with E-state index in [4.69, 9.17) is 11.6 Å². The van der Waals surface area contributed by atoms with Crippen LogP contribution in [0.4, 0.5) is 40.9 Å². The molecule has 3 amide bonds. The van der Waals surface area contributed by atoms with Gasteiger partial charge in [-0.3, -0.25) is 19.4 Å². The molecule has 2 aromatic heterocycles. The molecule has 1 aliphatic heterocycles. The van der Waals surface area contributed by atoms with Gasteiger partial charge in [0.25, 0.3) is 11.8 Å². The van der Waals surface area contributed by atoms with E-state index in [1.165, 1.54) is 24.3 Å². The largest absolute Gasteiger partial charge is 0.433 e. The lowest BCUT2D eigenvalue weighted by atomic mass is 10.1. The molecule has 46 heavy (non-hydrogen) atoms. The predicted molar refractivity (Wildman–Crippen MR) is 145 cm³/mol. The van der Waals surface area contributed by atoms with Crippen molar-refractivity contribution in [2.24, 2.45) is 0 Å². The van der Waals surface area contributed by atoms with Crippen molar-refractivity contribution in [1.82, 2.24) is 25.2 Å². The van der Waals surface area contributed by atoms with Crippen LogP contribution in [-0.2, 0) is 36.8 Å². The van der Waals surface area contributed by atoms with Crippen LogP contribution >= 0.6 is 11.6 Å². The number of carbonyl (C=O) groups excluding carboxylic acids is 3. The molecular weight excluding hydrogens is 656 g/mol. The highest BCUT2D eigenvalue weighted by Gasteiger charge is 2.33. The lowest BCUT2D eigenvalue weighted by molar-refractivity contribution is -0.141. The first-order valence-electron chi connectivity index (χ1n) is 12.8. The fraction of sp³-hybridized carbons (Fsp3) is 0.179. The number of nitrogens with zero attached hydrogens (tertiary/aromatic N) is 3. The SMILES string of the molecule is Fc1ccc(Cl)cc1.O=C1Cn2c(C(=O)NCc3ccc(C(F)(F)F)nc3)nc(NC(=O)c3cc(F)cc(C(F)(F)F)c3)c2CN1. The monoisotopic (exact) mass is 674 g/mol. The third-order valence-electron chi connectivity index (χ3n) is 6.12. The van der Waals surface area contributed by atoms with Crippen molar-refractivity contribution in [3.8, 4) is 0 Å². The highest BCUT2D eigenvalue weighted by atomic mass is 35.5. The molecule has 3 heterocycles. The number of carbonyl (C=O) groups is 3. The molecule has 0 aliphatic carbocycles. The zero-order valence-electron chi connectivity index (χ0n) is 22.9. The predicted octanol–water partition coefficient (Wildman–Crippen LogP) is 5.75. The van der Waals surface area contributed by atoms with Gasteiger partial charge in [0.1, 0.15) is 23.9 Å². The molecule has 9 nitrogen and oxygen atoms in total. The summed E-state index contributed by atoms with van der Waals surface area (Å²) in [6.45, 7) is -0.848. The van der Waals surface area contributed by atoms with Gasteiger partial charge in [-0.15, -0.1) is 0 Å². The van der Waals surface area contributed by atoms with Gasteiger partial charge in [0.2, 0.25) is 11.7 Å². The van der Waals surface area contributed by atoms with Gasteiger partial charge in [-0.25, -0.2) is 13.8 Å². The molecule has 0 atom stereocenters. The standard InChI is InChI=1S/C22H15F7N6O3.C6H4ClF/c23-13-4-11(3-12(5-13)21(24,25)26)19(37)34-17-14-8-31-16(36)9-35(14)18(33-17)20(38)32-7-10-1-2-15(30-6-10)22(27,28)29;7-5-1-3-6(8)4-2-5/h1-6H,7-9H2,(H,31,36)(H,32,38)(H,34,37);1-4H. The van der Waals surface area contributed by atoms with Crippen LogP contribution in [0.25, 0.3) is 0 Å². The number of halogens is 9. The fourth-order valence-electron chi connectivity index (χ4n) is 3.94.